The molecule has 0 unspecified atom stereocenters. The lowest BCUT2D eigenvalue weighted by molar-refractivity contribution is -0.138. The minimum Gasteiger partial charge on any atom is -0.480 e. The Hall–Kier alpha value is -2.32. The first-order valence-electron chi connectivity index (χ1n) is 10.1. The molecule has 0 aliphatic carbocycles. The number of carboxylic acids is 1. The molecule has 1 aliphatic rings. The molecule has 0 amide bonds. The number of likely N-dealkylation sites (N-methyl/N-ethyl adjacent to an activating group) is 1. The fraction of sp³-hybridized carbons (Fsp3) is 0.600. The highest BCUT2D eigenvalue weighted by molar-refractivity contribution is 5.69. The number of likely N-dealkylation sites (tertiary alicyclic amines) is 1. The molecule has 1 saturated heterocycles. The van der Waals surface area contributed by atoms with Gasteiger partial charge in [0.2, 0.25) is 5.82 Å². The van der Waals surface area contributed by atoms with Crippen molar-refractivity contribution in [2.24, 2.45) is 0 Å². The third kappa shape index (κ3) is 6.10. The Labute approximate surface area is 166 Å². The Morgan fingerprint density at radius 3 is 2.57 bits per heavy atom. The van der Waals surface area contributed by atoms with Crippen molar-refractivity contribution < 1.29 is 9.90 Å². The van der Waals surface area contributed by atoms with Crippen LogP contribution in [-0.2, 0) is 11.3 Å². The summed E-state index contributed by atoms with van der Waals surface area (Å²) in [4.78, 5) is 17.0. The lowest BCUT2D eigenvalue weighted by Crippen LogP contribution is -2.45. The van der Waals surface area contributed by atoms with Gasteiger partial charge in [0, 0.05) is 11.6 Å². The standard InChI is InChI=1S/C20H30N6O2/c1-24(16-19(27)28)18-10-14-25(15-11-18)12-6-3-7-13-26-22-20(21-23-26)17-8-4-2-5-9-17/h2,4-5,8-9,18H,3,6-7,10-16H2,1H3,(H,27,28). The van der Waals surface area contributed by atoms with Gasteiger partial charge in [-0.1, -0.05) is 36.8 Å². The Balaban J connectivity index is 1.29. The molecule has 1 aliphatic heterocycles. The molecule has 28 heavy (non-hydrogen) atoms. The number of nitrogens with zero attached hydrogens (tertiary/aromatic N) is 6. The Morgan fingerprint density at radius 2 is 1.86 bits per heavy atom. The number of carboxylic acid groups (broad SMARTS) is 1. The van der Waals surface area contributed by atoms with Crippen LogP contribution in [0.4, 0.5) is 0 Å². The number of hydrogen-bond acceptors (Lipinski definition) is 6. The van der Waals surface area contributed by atoms with Gasteiger partial charge < -0.3 is 10.0 Å². The van der Waals surface area contributed by atoms with Gasteiger partial charge in [-0.2, -0.15) is 4.80 Å². The molecule has 1 aromatic heterocycles. The van der Waals surface area contributed by atoms with Gasteiger partial charge in [0.05, 0.1) is 13.1 Å². The summed E-state index contributed by atoms with van der Waals surface area (Å²) in [5.74, 6) is -0.0703. The molecule has 3 rings (SSSR count). The van der Waals surface area contributed by atoms with Gasteiger partial charge in [0.1, 0.15) is 0 Å². The van der Waals surface area contributed by atoms with E-state index in [9.17, 15) is 4.79 Å². The molecule has 0 atom stereocenters. The van der Waals surface area contributed by atoms with Crippen LogP contribution in [0.25, 0.3) is 11.4 Å². The van der Waals surface area contributed by atoms with Gasteiger partial charge in [-0.3, -0.25) is 9.69 Å². The largest absolute Gasteiger partial charge is 0.480 e. The molecular formula is C20H30N6O2. The third-order valence-corrected chi connectivity index (χ3v) is 5.38. The van der Waals surface area contributed by atoms with Crippen molar-refractivity contribution in [3.8, 4) is 11.4 Å². The summed E-state index contributed by atoms with van der Waals surface area (Å²) in [5, 5.41) is 21.6. The molecule has 8 nitrogen and oxygen atoms in total. The topological polar surface area (TPSA) is 87.4 Å². The number of aromatic nitrogens is 4. The smallest absolute Gasteiger partial charge is 0.317 e. The van der Waals surface area contributed by atoms with Crippen molar-refractivity contribution in [3.63, 3.8) is 0 Å². The summed E-state index contributed by atoms with van der Waals surface area (Å²) in [6.45, 7) is 4.14. The van der Waals surface area contributed by atoms with E-state index in [1.807, 2.05) is 42.3 Å². The lowest BCUT2D eigenvalue weighted by atomic mass is 10.0. The van der Waals surface area contributed by atoms with Crippen molar-refractivity contribution >= 4 is 5.97 Å². The van der Waals surface area contributed by atoms with Gasteiger partial charge in [-0.05, 0) is 57.6 Å². The highest BCUT2D eigenvalue weighted by atomic mass is 16.4. The zero-order chi connectivity index (χ0) is 19.8. The molecule has 0 saturated carbocycles. The van der Waals surface area contributed by atoms with Crippen LogP contribution in [0.1, 0.15) is 32.1 Å². The number of unbranched alkanes of at least 4 members (excludes halogenated alkanes) is 2. The summed E-state index contributed by atoms with van der Waals surface area (Å²) in [7, 11) is 1.91. The summed E-state index contributed by atoms with van der Waals surface area (Å²) in [5.41, 5.74) is 0.992. The first kappa shape index (κ1) is 20.4. The number of carbonyl (C=O) groups is 1. The van der Waals surface area contributed by atoms with Crippen molar-refractivity contribution in [2.75, 3.05) is 33.2 Å². The first-order valence-corrected chi connectivity index (χ1v) is 10.1. The summed E-state index contributed by atoms with van der Waals surface area (Å²) >= 11 is 0. The first-order chi connectivity index (χ1) is 13.6. The fourth-order valence-corrected chi connectivity index (χ4v) is 3.73. The van der Waals surface area contributed by atoms with Crippen molar-refractivity contribution in [1.29, 1.82) is 0 Å². The maximum absolute atomic E-state index is 10.8. The van der Waals surface area contributed by atoms with E-state index in [-0.39, 0.29) is 6.54 Å². The maximum Gasteiger partial charge on any atom is 0.317 e. The second kappa shape index (κ2) is 10.3. The Bertz CT molecular complexity index is 727. The van der Waals surface area contributed by atoms with Crippen molar-refractivity contribution in [3.05, 3.63) is 30.3 Å². The molecule has 2 aromatic rings. The predicted molar refractivity (Wildman–Crippen MR) is 107 cm³/mol. The average molecular weight is 387 g/mol. The Morgan fingerprint density at radius 1 is 1.14 bits per heavy atom. The zero-order valence-electron chi connectivity index (χ0n) is 16.6. The minimum absolute atomic E-state index is 0.132. The number of aliphatic carboxylic acids is 1. The second-order valence-corrected chi connectivity index (χ2v) is 7.52. The number of aryl methyl sites for hydroxylation is 1. The van der Waals surface area contributed by atoms with E-state index in [0.29, 0.717) is 11.9 Å². The molecule has 152 valence electrons. The van der Waals surface area contributed by atoms with Crippen LogP contribution in [0.2, 0.25) is 0 Å². The molecule has 1 aromatic carbocycles. The van der Waals surface area contributed by atoms with Gasteiger partial charge in [-0.15, -0.1) is 10.2 Å². The SMILES string of the molecule is CN(CC(=O)O)C1CCN(CCCCCn2nnc(-c3ccccc3)n2)CC1. The minimum atomic E-state index is -0.748. The highest BCUT2D eigenvalue weighted by Crippen LogP contribution is 2.16. The molecule has 1 fully saturated rings. The number of rotatable bonds is 10. The second-order valence-electron chi connectivity index (χ2n) is 7.52. The molecular weight excluding hydrogens is 356 g/mol. The maximum atomic E-state index is 10.8. The molecule has 0 bridgehead atoms. The number of tetrazole rings is 1. The van der Waals surface area contributed by atoms with E-state index in [4.69, 9.17) is 5.11 Å². The van der Waals surface area contributed by atoms with Gasteiger partial charge in [0.15, 0.2) is 0 Å². The fourth-order valence-electron chi connectivity index (χ4n) is 3.73. The molecule has 2 heterocycles. The van der Waals surface area contributed by atoms with Crippen LogP contribution in [0, 0.1) is 0 Å². The number of piperidine rings is 1. The Kier molecular flexibility index (Phi) is 7.50. The van der Waals surface area contributed by atoms with E-state index in [0.717, 1.165) is 63.8 Å². The number of benzene rings is 1. The number of hydrogen-bond donors (Lipinski definition) is 1. The average Bonchev–Trinajstić information content (AvgIpc) is 3.17. The van der Waals surface area contributed by atoms with Crippen LogP contribution in [0.3, 0.4) is 0 Å². The van der Waals surface area contributed by atoms with Gasteiger partial charge in [0.25, 0.3) is 0 Å². The third-order valence-electron chi connectivity index (χ3n) is 5.38. The van der Waals surface area contributed by atoms with Gasteiger partial charge >= 0.3 is 5.97 Å². The summed E-state index contributed by atoms with van der Waals surface area (Å²) in [6, 6.07) is 10.3. The van der Waals surface area contributed by atoms with E-state index in [1.165, 1.54) is 0 Å². The molecule has 0 spiro atoms. The summed E-state index contributed by atoms with van der Waals surface area (Å²) < 4.78 is 0. The van der Waals surface area contributed by atoms with Crippen LogP contribution < -0.4 is 0 Å². The zero-order valence-corrected chi connectivity index (χ0v) is 16.6. The van der Waals surface area contributed by atoms with Gasteiger partial charge in [-0.25, -0.2) is 0 Å². The van der Waals surface area contributed by atoms with Crippen LogP contribution in [-0.4, -0.2) is 80.4 Å². The van der Waals surface area contributed by atoms with Crippen LogP contribution >= 0.6 is 0 Å². The lowest BCUT2D eigenvalue weighted by Gasteiger charge is -2.36. The van der Waals surface area contributed by atoms with E-state index < -0.39 is 5.97 Å². The monoisotopic (exact) mass is 386 g/mol. The van der Waals surface area contributed by atoms with Crippen molar-refractivity contribution in [2.45, 2.75) is 44.7 Å². The quantitative estimate of drug-likeness (QED) is 0.625. The van der Waals surface area contributed by atoms with Crippen LogP contribution in [0.15, 0.2) is 30.3 Å². The normalized spacial score (nSPS) is 15.9. The van der Waals surface area contributed by atoms with E-state index in [1.54, 1.807) is 4.80 Å². The molecule has 0 radical (unpaired) electrons. The van der Waals surface area contributed by atoms with E-state index in [2.05, 4.69) is 20.3 Å². The van der Waals surface area contributed by atoms with E-state index >= 15 is 0 Å². The highest BCUT2D eigenvalue weighted by Gasteiger charge is 2.23. The molecule has 1 N–H and O–H groups in total. The van der Waals surface area contributed by atoms with Crippen LogP contribution in [0.5, 0.6) is 0 Å². The van der Waals surface area contributed by atoms with Crippen molar-refractivity contribution in [1.82, 2.24) is 30.0 Å². The summed E-state index contributed by atoms with van der Waals surface area (Å²) in [6.07, 6.45) is 5.45. The predicted octanol–water partition coefficient (Wildman–Crippen LogP) is 1.99. The molecule has 8 heteroatoms.